The molecule has 96 valence electrons. The summed E-state index contributed by atoms with van der Waals surface area (Å²) in [6, 6.07) is 11.9. The van der Waals surface area contributed by atoms with Crippen LogP contribution in [0.15, 0.2) is 42.6 Å². The molecular formula is C14H15N5. The van der Waals surface area contributed by atoms with E-state index in [1.54, 1.807) is 0 Å². The fraction of sp³-hybridized carbons (Fsp3) is 0.143. The Morgan fingerprint density at radius 2 is 1.74 bits per heavy atom. The molecule has 2 aromatic heterocycles. The molecule has 0 aliphatic rings. The van der Waals surface area contributed by atoms with Gasteiger partial charge in [0.1, 0.15) is 0 Å². The van der Waals surface area contributed by atoms with E-state index in [0.717, 1.165) is 22.7 Å². The summed E-state index contributed by atoms with van der Waals surface area (Å²) in [7, 11) is 4.03. The number of aromatic nitrogens is 3. The van der Waals surface area contributed by atoms with Crippen LogP contribution in [0, 0.1) is 0 Å². The second kappa shape index (κ2) is 4.28. The summed E-state index contributed by atoms with van der Waals surface area (Å²) in [6.07, 6.45) is 1.84. The normalized spacial score (nSPS) is 10.8. The van der Waals surface area contributed by atoms with Gasteiger partial charge in [0.15, 0.2) is 11.5 Å². The van der Waals surface area contributed by atoms with E-state index in [4.69, 9.17) is 5.73 Å². The van der Waals surface area contributed by atoms with Crippen molar-refractivity contribution in [2.75, 3.05) is 24.7 Å². The quantitative estimate of drug-likeness (QED) is 0.759. The monoisotopic (exact) mass is 253 g/mol. The van der Waals surface area contributed by atoms with Gasteiger partial charge in [-0.3, -0.25) is 4.40 Å². The highest BCUT2D eigenvalue weighted by Gasteiger charge is 2.08. The Morgan fingerprint density at radius 1 is 1.00 bits per heavy atom. The zero-order valence-electron chi connectivity index (χ0n) is 10.9. The van der Waals surface area contributed by atoms with E-state index in [-0.39, 0.29) is 0 Å². The molecule has 1 aromatic carbocycles. The molecule has 5 nitrogen and oxygen atoms in total. The van der Waals surface area contributed by atoms with E-state index in [2.05, 4.69) is 27.2 Å². The molecule has 0 aliphatic heterocycles. The molecule has 0 fully saturated rings. The van der Waals surface area contributed by atoms with Gasteiger partial charge in [-0.05, 0) is 36.4 Å². The zero-order valence-corrected chi connectivity index (χ0v) is 10.9. The number of hydrogen-bond acceptors (Lipinski definition) is 4. The number of hydrogen-bond donors (Lipinski definition) is 1. The second-order valence-corrected chi connectivity index (χ2v) is 4.66. The summed E-state index contributed by atoms with van der Waals surface area (Å²) in [5.74, 6) is 0.799. The van der Waals surface area contributed by atoms with Crippen molar-refractivity contribution in [2.24, 2.45) is 0 Å². The number of fused-ring (bicyclic) bond motifs is 1. The first-order valence-corrected chi connectivity index (χ1v) is 6.03. The summed E-state index contributed by atoms with van der Waals surface area (Å²) in [5, 5.41) is 8.37. The van der Waals surface area contributed by atoms with Crippen molar-refractivity contribution < 1.29 is 0 Å². The lowest BCUT2D eigenvalue weighted by atomic mass is 10.2. The topological polar surface area (TPSA) is 59.5 Å². The van der Waals surface area contributed by atoms with Gasteiger partial charge in [0.25, 0.3) is 0 Å². The lowest BCUT2D eigenvalue weighted by Gasteiger charge is -2.12. The van der Waals surface area contributed by atoms with Crippen molar-refractivity contribution in [3.63, 3.8) is 0 Å². The van der Waals surface area contributed by atoms with E-state index in [1.165, 1.54) is 0 Å². The average Bonchev–Trinajstić information content (AvgIpc) is 2.81. The molecule has 2 heterocycles. The number of pyridine rings is 1. The fourth-order valence-electron chi connectivity index (χ4n) is 2.01. The molecule has 3 rings (SSSR count). The van der Waals surface area contributed by atoms with E-state index in [0.29, 0.717) is 5.69 Å². The van der Waals surface area contributed by atoms with Crippen LogP contribution in [0.2, 0.25) is 0 Å². The third-order valence-electron chi connectivity index (χ3n) is 3.07. The van der Waals surface area contributed by atoms with E-state index in [1.807, 2.05) is 49.0 Å². The average molecular weight is 253 g/mol. The number of nitrogen functional groups attached to an aromatic ring is 1. The van der Waals surface area contributed by atoms with Crippen LogP contribution in [-0.4, -0.2) is 28.7 Å². The predicted molar refractivity (Wildman–Crippen MR) is 77.2 cm³/mol. The van der Waals surface area contributed by atoms with Crippen LogP contribution in [-0.2, 0) is 0 Å². The van der Waals surface area contributed by atoms with Gasteiger partial charge in [0, 0.05) is 37.2 Å². The Labute approximate surface area is 111 Å². The molecule has 0 bridgehead atoms. The first kappa shape index (κ1) is 11.5. The third-order valence-corrected chi connectivity index (χ3v) is 3.07. The minimum atomic E-state index is 0.693. The molecule has 0 atom stereocenters. The van der Waals surface area contributed by atoms with E-state index in [9.17, 15) is 0 Å². The highest BCUT2D eigenvalue weighted by atomic mass is 15.2. The van der Waals surface area contributed by atoms with Crippen LogP contribution in [0.3, 0.4) is 0 Å². The van der Waals surface area contributed by atoms with Crippen LogP contribution in [0.25, 0.3) is 17.0 Å². The van der Waals surface area contributed by atoms with Gasteiger partial charge >= 0.3 is 0 Å². The van der Waals surface area contributed by atoms with Gasteiger partial charge in [0.05, 0.1) is 0 Å². The molecule has 0 saturated carbocycles. The maximum Gasteiger partial charge on any atom is 0.168 e. The van der Waals surface area contributed by atoms with Crippen molar-refractivity contribution >= 4 is 17.0 Å². The number of nitrogens with two attached hydrogens (primary N) is 1. The van der Waals surface area contributed by atoms with Crippen molar-refractivity contribution in [3.8, 4) is 11.4 Å². The Morgan fingerprint density at radius 3 is 2.42 bits per heavy atom. The lowest BCUT2D eigenvalue weighted by molar-refractivity contribution is 1.11. The molecule has 19 heavy (non-hydrogen) atoms. The van der Waals surface area contributed by atoms with Gasteiger partial charge in [-0.1, -0.05) is 0 Å². The molecule has 0 radical (unpaired) electrons. The number of benzene rings is 1. The summed E-state index contributed by atoms with van der Waals surface area (Å²) in [5.41, 5.74) is 9.46. The van der Waals surface area contributed by atoms with Crippen LogP contribution < -0.4 is 10.6 Å². The highest BCUT2D eigenvalue weighted by molar-refractivity contribution is 5.64. The largest absolute Gasteiger partial charge is 0.398 e. The van der Waals surface area contributed by atoms with Gasteiger partial charge in [-0.25, -0.2) is 0 Å². The third kappa shape index (κ3) is 1.99. The van der Waals surface area contributed by atoms with Crippen molar-refractivity contribution in [1.82, 2.24) is 14.6 Å². The van der Waals surface area contributed by atoms with Crippen LogP contribution >= 0.6 is 0 Å². The first-order valence-electron chi connectivity index (χ1n) is 6.03. The van der Waals surface area contributed by atoms with Crippen LogP contribution in [0.1, 0.15) is 0 Å². The zero-order chi connectivity index (χ0) is 13.4. The first-order chi connectivity index (χ1) is 9.15. The standard InChI is InChI=1S/C14H15N5/c1-18(2)12-6-3-10(4-7-12)14-17-16-13-8-5-11(15)9-19(13)14/h3-9H,15H2,1-2H3. The number of anilines is 2. The van der Waals surface area contributed by atoms with E-state index < -0.39 is 0 Å². The highest BCUT2D eigenvalue weighted by Crippen LogP contribution is 2.22. The van der Waals surface area contributed by atoms with Crippen LogP contribution in [0.5, 0.6) is 0 Å². The van der Waals surface area contributed by atoms with Gasteiger partial charge < -0.3 is 10.6 Å². The second-order valence-electron chi connectivity index (χ2n) is 4.66. The minimum absolute atomic E-state index is 0.693. The van der Waals surface area contributed by atoms with Gasteiger partial charge in [-0.2, -0.15) is 0 Å². The Hall–Kier alpha value is -2.56. The molecule has 5 heteroatoms. The minimum Gasteiger partial charge on any atom is -0.398 e. The molecule has 3 aromatic rings. The summed E-state index contributed by atoms with van der Waals surface area (Å²) >= 11 is 0. The van der Waals surface area contributed by atoms with Crippen molar-refractivity contribution in [2.45, 2.75) is 0 Å². The van der Waals surface area contributed by atoms with Gasteiger partial charge in [0.2, 0.25) is 0 Å². The molecule has 0 aliphatic carbocycles. The smallest absolute Gasteiger partial charge is 0.168 e. The maximum atomic E-state index is 5.81. The van der Waals surface area contributed by atoms with E-state index >= 15 is 0 Å². The Bertz CT molecular complexity index is 712. The molecule has 0 spiro atoms. The van der Waals surface area contributed by atoms with Crippen molar-refractivity contribution in [1.29, 1.82) is 0 Å². The maximum absolute atomic E-state index is 5.81. The summed E-state index contributed by atoms with van der Waals surface area (Å²) < 4.78 is 1.90. The predicted octanol–water partition coefficient (Wildman–Crippen LogP) is 2.04. The van der Waals surface area contributed by atoms with Gasteiger partial charge in [-0.15, -0.1) is 10.2 Å². The molecule has 0 amide bonds. The summed E-state index contributed by atoms with van der Waals surface area (Å²) in [6.45, 7) is 0. The Balaban J connectivity index is 2.11. The SMILES string of the molecule is CN(C)c1ccc(-c2nnc3ccc(N)cn23)cc1. The Kier molecular flexibility index (Phi) is 2.59. The fourth-order valence-corrected chi connectivity index (χ4v) is 2.01. The molecular weight excluding hydrogens is 238 g/mol. The number of rotatable bonds is 2. The van der Waals surface area contributed by atoms with Crippen molar-refractivity contribution in [3.05, 3.63) is 42.6 Å². The van der Waals surface area contributed by atoms with Crippen LogP contribution in [0.4, 0.5) is 11.4 Å². The summed E-state index contributed by atoms with van der Waals surface area (Å²) in [4.78, 5) is 2.06. The lowest BCUT2D eigenvalue weighted by Crippen LogP contribution is -2.08. The number of nitrogens with zero attached hydrogens (tertiary/aromatic N) is 4. The molecule has 2 N–H and O–H groups in total. The molecule has 0 unspecified atom stereocenters. The molecule has 0 saturated heterocycles.